The molecule has 1 aromatic carbocycles. The van der Waals surface area contributed by atoms with Crippen LogP contribution in [0.25, 0.3) is 0 Å². The third-order valence-electron chi connectivity index (χ3n) is 4.29. The third kappa shape index (κ3) is 4.65. The predicted molar refractivity (Wildman–Crippen MR) is 99.0 cm³/mol. The molecule has 152 valence electrons. The molecule has 0 aliphatic carbocycles. The van der Waals surface area contributed by atoms with E-state index >= 15 is 0 Å². The van der Waals surface area contributed by atoms with Gasteiger partial charge in [-0.05, 0) is 51.8 Å². The lowest BCUT2D eigenvalue weighted by Crippen LogP contribution is -2.52. The highest BCUT2D eigenvalue weighted by Crippen LogP contribution is 2.30. The van der Waals surface area contributed by atoms with Gasteiger partial charge in [-0.2, -0.15) is 0 Å². The molecule has 1 aromatic rings. The van der Waals surface area contributed by atoms with Gasteiger partial charge in [-0.15, -0.1) is 0 Å². The van der Waals surface area contributed by atoms with Crippen LogP contribution in [0.3, 0.4) is 0 Å². The average molecular weight is 391 g/mol. The molecule has 0 aromatic heterocycles. The Balaban J connectivity index is 1.57. The number of benzene rings is 1. The molecule has 1 unspecified atom stereocenters. The molecule has 0 saturated carbocycles. The highest BCUT2D eigenvalue weighted by Gasteiger charge is 2.36. The second-order valence-electron chi connectivity index (χ2n) is 7.63. The minimum absolute atomic E-state index is 0.319. The van der Waals surface area contributed by atoms with E-state index in [-0.39, 0.29) is 0 Å². The van der Waals surface area contributed by atoms with Crippen molar-refractivity contribution in [2.24, 2.45) is 0 Å². The molecule has 2 aliphatic heterocycles. The van der Waals surface area contributed by atoms with E-state index in [2.05, 4.69) is 10.9 Å². The second kappa shape index (κ2) is 7.95. The van der Waals surface area contributed by atoms with E-state index in [1.54, 1.807) is 39.0 Å². The number of likely N-dealkylation sites (tertiary alicyclic amines) is 1. The van der Waals surface area contributed by atoms with Crippen molar-refractivity contribution in [2.75, 3.05) is 19.8 Å². The van der Waals surface area contributed by atoms with E-state index in [4.69, 9.17) is 14.2 Å². The fourth-order valence-corrected chi connectivity index (χ4v) is 3.04. The number of carbonyl (C=O) groups excluding carboxylic acids is 3. The smallest absolute Gasteiger partial charge is 0.410 e. The zero-order valence-corrected chi connectivity index (χ0v) is 16.2. The van der Waals surface area contributed by atoms with Gasteiger partial charge in [0.2, 0.25) is 0 Å². The van der Waals surface area contributed by atoms with Gasteiger partial charge in [0, 0.05) is 12.1 Å². The Hall–Kier alpha value is -2.97. The number of hydrogen-bond acceptors (Lipinski definition) is 6. The summed E-state index contributed by atoms with van der Waals surface area (Å²) in [6.45, 7) is 6.61. The van der Waals surface area contributed by atoms with E-state index in [0.29, 0.717) is 49.7 Å². The van der Waals surface area contributed by atoms with Crippen molar-refractivity contribution in [1.82, 2.24) is 15.8 Å². The Labute approximate surface area is 163 Å². The van der Waals surface area contributed by atoms with Crippen molar-refractivity contribution in [3.05, 3.63) is 23.8 Å². The Morgan fingerprint density at radius 3 is 2.54 bits per heavy atom. The lowest BCUT2D eigenvalue weighted by molar-refractivity contribution is -0.126. The first-order valence-electron chi connectivity index (χ1n) is 9.24. The van der Waals surface area contributed by atoms with Crippen LogP contribution in [0, 0.1) is 0 Å². The van der Waals surface area contributed by atoms with Crippen LogP contribution < -0.4 is 20.3 Å². The molecule has 3 rings (SSSR count). The van der Waals surface area contributed by atoms with Gasteiger partial charge >= 0.3 is 6.09 Å². The standard InChI is InChI=1S/C19H25N3O6/c1-19(2,3)28-18(25)22-8-4-5-13(22)17(24)21-20-16(23)12-6-7-14-15(11-12)27-10-9-26-14/h6-7,11,13H,4-5,8-10H2,1-3H3,(H,20,23)(H,21,24). The molecule has 3 amide bonds. The van der Waals surface area contributed by atoms with Crippen molar-refractivity contribution >= 4 is 17.9 Å². The first kappa shape index (κ1) is 19.8. The Morgan fingerprint density at radius 2 is 1.82 bits per heavy atom. The highest BCUT2D eigenvalue weighted by atomic mass is 16.6. The van der Waals surface area contributed by atoms with Gasteiger partial charge in [0.1, 0.15) is 24.9 Å². The molecule has 28 heavy (non-hydrogen) atoms. The number of ether oxygens (including phenoxy) is 3. The van der Waals surface area contributed by atoms with Crippen molar-refractivity contribution in [3.63, 3.8) is 0 Å². The quantitative estimate of drug-likeness (QED) is 0.742. The molecule has 2 N–H and O–H groups in total. The monoisotopic (exact) mass is 391 g/mol. The maximum Gasteiger partial charge on any atom is 0.410 e. The van der Waals surface area contributed by atoms with E-state index in [1.807, 2.05) is 0 Å². The number of nitrogens with one attached hydrogen (secondary N) is 2. The Morgan fingerprint density at radius 1 is 1.11 bits per heavy atom. The number of hydrazine groups is 1. The fraction of sp³-hybridized carbons (Fsp3) is 0.526. The molecule has 9 heteroatoms. The number of rotatable bonds is 2. The fourth-order valence-electron chi connectivity index (χ4n) is 3.04. The van der Waals surface area contributed by atoms with Crippen LogP contribution in [-0.4, -0.2) is 54.2 Å². The second-order valence-corrected chi connectivity index (χ2v) is 7.63. The lowest BCUT2D eigenvalue weighted by Gasteiger charge is -2.28. The van der Waals surface area contributed by atoms with Crippen LogP contribution in [-0.2, 0) is 9.53 Å². The molecule has 2 heterocycles. The summed E-state index contributed by atoms with van der Waals surface area (Å²) in [6.07, 6.45) is 0.654. The Kier molecular flexibility index (Phi) is 5.62. The third-order valence-corrected chi connectivity index (χ3v) is 4.29. The van der Waals surface area contributed by atoms with Crippen molar-refractivity contribution in [3.8, 4) is 11.5 Å². The van der Waals surface area contributed by atoms with Gasteiger partial charge in [-0.3, -0.25) is 25.3 Å². The van der Waals surface area contributed by atoms with E-state index in [1.165, 1.54) is 4.90 Å². The highest BCUT2D eigenvalue weighted by molar-refractivity contribution is 5.96. The summed E-state index contributed by atoms with van der Waals surface area (Å²) in [5, 5.41) is 0. The summed E-state index contributed by atoms with van der Waals surface area (Å²) < 4.78 is 16.2. The molecule has 0 radical (unpaired) electrons. The summed E-state index contributed by atoms with van der Waals surface area (Å²) in [7, 11) is 0. The molecule has 0 bridgehead atoms. The van der Waals surface area contributed by atoms with E-state index in [9.17, 15) is 14.4 Å². The molecular formula is C19H25N3O6. The molecule has 0 spiro atoms. The topological polar surface area (TPSA) is 106 Å². The van der Waals surface area contributed by atoms with Crippen molar-refractivity contribution < 1.29 is 28.6 Å². The zero-order valence-electron chi connectivity index (χ0n) is 16.2. The van der Waals surface area contributed by atoms with Crippen LogP contribution in [0.5, 0.6) is 11.5 Å². The summed E-state index contributed by atoms with van der Waals surface area (Å²) >= 11 is 0. The maximum atomic E-state index is 12.5. The summed E-state index contributed by atoms with van der Waals surface area (Å²) in [6, 6.07) is 4.10. The van der Waals surface area contributed by atoms with Crippen LogP contribution in [0.2, 0.25) is 0 Å². The molecular weight excluding hydrogens is 366 g/mol. The zero-order chi connectivity index (χ0) is 20.3. The minimum atomic E-state index is -0.685. The molecule has 2 aliphatic rings. The average Bonchev–Trinajstić information content (AvgIpc) is 3.14. The van der Waals surface area contributed by atoms with Gasteiger partial charge in [-0.25, -0.2) is 4.79 Å². The molecule has 1 saturated heterocycles. The van der Waals surface area contributed by atoms with Crippen LogP contribution in [0.1, 0.15) is 44.0 Å². The normalized spacial score (nSPS) is 18.4. The molecule has 1 atom stereocenters. The Bertz CT molecular complexity index is 773. The lowest BCUT2D eigenvalue weighted by atomic mass is 10.2. The van der Waals surface area contributed by atoms with Gasteiger partial charge in [0.25, 0.3) is 11.8 Å². The summed E-state index contributed by atoms with van der Waals surface area (Å²) in [4.78, 5) is 38.5. The van der Waals surface area contributed by atoms with Crippen LogP contribution >= 0.6 is 0 Å². The summed E-state index contributed by atoms with van der Waals surface area (Å²) in [5.41, 5.74) is 4.44. The first-order valence-corrected chi connectivity index (χ1v) is 9.24. The van der Waals surface area contributed by atoms with E-state index in [0.717, 1.165) is 0 Å². The van der Waals surface area contributed by atoms with Gasteiger partial charge in [0.05, 0.1) is 0 Å². The van der Waals surface area contributed by atoms with Gasteiger partial charge < -0.3 is 14.2 Å². The first-order chi connectivity index (χ1) is 13.2. The van der Waals surface area contributed by atoms with Crippen molar-refractivity contribution in [2.45, 2.75) is 45.3 Å². The van der Waals surface area contributed by atoms with Gasteiger partial charge in [0.15, 0.2) is 11.5 Å². The van der Waals surface area contributed by atoms with Crippen LogP contribution in [0.4, 0.5) is 4.79 Å². The SMILES string of the molecule is CC(C)(C)OC(=O)N1CCCC1C(=O)NNC(=O)c1ccc2c(c1)OCCO2. The van der Waals surface area contributed by atoms with Crippen LogP contribution in [0.15, 0.2) is 18.2 Å². The van der Waals surface area contributed by atoms with Gasteiger partial charge in [-0.1, -0.05) is 0 Å². The number of nitrogens with zero attached hydrogens (tertiary/aromatic N) is 1. The predicted octanol–water partition coefficient (Wildman–Crippen LogP) is 1.62. The summed E-state index contributed by atoms with van der Waals surface area (Å²) in [5.74, 6) is 0.101. The number of hydrogen-bond donors (Lipinski definition) is 2. The number of carbonyl (C=O) groups is 3. The number of fused-ring (bicyclic) bond motifs is 1. The van der Waals surface area contributed by atoms with Crippen molar-refractivity contribution in [1.29, 1.82) is 0 Å². The minimum Gasteiger partial charge on any atom is -0.486 e. The maximum absolute atomic E-state index is 12.5. The molecule has 1 fully saturated rings. The largest absolute Gasteiger partial charge is 0.486 e. The van der Waals surface area contributed by atoms with E-state index < -0.39 is 29.6 Å². The number of amides is 3. The molecule has 9 nitrogen and oxygen atoms in total.